The number of nitrogens with one attached hydrogen (secondary N) is 1. The quantitative estimate of drug-likeness (QED) is 0.677. The number of nitrogens with zero attached hydrogens (tertiary/aromatic N) is 2. The van der Waals surface area contributed by atoms with Gasteiger partial charge in [-0.1, -0.05) is 13.8 Å². The molecule has 2 rings (SSSR count). The molecule has 1 aromatic heterocycles. The highest BCUT2D eigenvalue weighted by Crippen LogP contribution is 2.39. The molecule has 0 aliphatic rings. The summed E-state index contributed by atoms with van der Waals surface area (Å²) in [5.41, 5.74) is 2.75. The van der Waals surface area contributed by atoms with Gasteiger partial charge in [0.25, 0.3) is 0 Å². The van der Waals surface area contributed by atoms with Gasteiger partial charge in [-0.2, -0.15) is 0 Å². The Morgan fingerprint density at radius 2 is 1.88 bits per heavy atom. The molecule has 1 N–H and O–H groups in total. The number of methoxy groups -OCH3 is 2. The van der Waals surface area contributed by atoms with Crippen LogP contribution in [0.5, 0.6) is 11.5 Å². The van der Waals surface area contributed by atoms with E-state index in [4.69, 9.17) is 9.47 Å². The molecule has 0 saturated heterocycles. The lowest BCUT2D eigenvalue weighted by Gasteiger charge is -2.22. The minimum Gasteiger partial charge on any atom is -0.494 e. The highest BCUT2D eigenvalue weighted by Gasteiger charge is 2.16. The third-order valence-corrected chi connectivity index (χ3v) is 4.86. The molecule has 1 heterocycles. The molecule has 26 heavy (non-hydrogen) atoms. The molecule has 0 radical (unpaired) electrons. The van der Waals surface area contributed by atoms with E-state index in [0.717, 1.165) is 59.8 Å². The summed E-state index contributed by atoms with van der Waals surface area (Å²) in [4.78, 5) is 7.08. The second kappa shape index (κ2) is 9.62. The predicted molar refractivity (Wildman–Crippen MR) is 110 cm³/mol. The zero-order chi connectivity index (χ0) is 19.1. The molecule has 0 saturated carbocycles. The van der Waals surface area contributed by atoms with Crippen LogP contribution in [0, 0.1) is 6.92 Å². The second-order valence-electron chi connectivity index (χ2n) is 6.72. The first-order valence-corrected chi connectivity index (χ1v) is 9.55. The number of aromatic nitrogens is 1. The standard InChI is InChI=1S/C21H33N3O2/c1-7-24(8-2)13-9-10-15(3)22-18-14-19(25-5)20-17(21(18)26-6)12-11-16(4)23-20/h11-12,14-15,22H,7-10,13H2,1-6H3/t15-/m0/s1. The molecule has 0 fully saturated rings. The van der Waals surface area contributed by atoms with E-state index in [1.165, 1.54) is 6.42 Å². The highest BCUT2D eigenvalue weighted by atomic mass is 16.5. The van der Waals surface area contributed by atoms with Gasteiger partial charge in [0.1, 0.15) is 11.3 Å². The summed E-state index contributed by atoms with van der Waals surface area (Å²) in [6, 6.07) is 6.39. The summed E-state index contributed by atoms with van der Waals surface area (Å²) >= 11 is 0. The summed E-state index contributed by atoms with van der Waals surface area (Å²) in [5, 5.41) is 4.57. The normalized spacial score (nSPS) is 12.4. The van der Waals surface area contributed by atoms with Gasteiger partial charge in [-0.3, -0.25) is 0 Å². The fraction of sp³-hybridized carbons (Fsp3) is 0.571. The van der Waals surface area contributed by atoms with Crippen LogP contribution in [0.3, 0.4) is 0 Å². The lowest BCUT2D eigenvalue weighted by Crippen LogP contribution is -2.25. The summed E-state index contributed by atoms with van der Waals surface area (Å²) in [7, 11) is 3.39. The number of hydrogen-bond donors (Lipinski definition) is 1. The van der Waals surface area contributed by atoms with Crippen molar-refractivity contribution in [1.29, 1.82) is 0 Å². The number of aryl methyl sites for hydroxylation is 1. The SMILES string of the molecule is CCN(CC)CCC[C@H](C)Nc1cc(OC)c2nc(C)ccc2c1OC. The van der Waals surface area contributed by atoms with Crippen molar-refractivity contribution in [2.45, 2.75) is 46.6 Å². The molecule has 0 aliphatic heterocycles. The van der Waals surface area contributed by atoms with E-state index in [1.807, 2.05) is 19.1 Å². The number of pyridine rings is 1. The molecule has 0 unspecified atom stereocenters. The Morgan fingerprint density at radius 1 is 1.15 bits per heavy atom. The monoisotopic (exact) mass is 359 g/mol. The highest BCUT2D eigenvalue weighted by molar-refractivity contribution is 5.95. The fourth-order valence-corrected chi connectivity index (χ4v) is 3.32. The van der Waals surface area contributed by atoms with Crippen molar-refractivity contribution in [1.82, 2.24) is 9.88 Å². The van der Waals surface area contributed by atoms with Gasteiger partial charge in [-0.25, -0.2) is 4.98 Å². The second-order valence-corrected chi connectivity index (χ2v) is 6.72. The van der Waals surface area contributed by atoms with Gasteiger partial charge in [-0.15, -0.1) is 0 Å². The third kappa shape index (κ3) is 4.79. The molecule has 1 atom stereocenters. The lowest BCUT2D eigenvalue weighted by atomic mass is 10.1. The molecular weight excluding hydrogens is 326 g/mol. The minimum absolute atomic E-state index is 0.347. The van der Waals surface area contributed by atoms with Crippen LogP contribution in [0.15, 0.2) is 18.2 Å². The van der Waals surface area contributed by atoms with Gasteiger partial charge in [0.05, 0.1) is 19.9 Å². The molecule has 0 spiro atoms. The van der Waals surface area contributed by atoms with Crippen LogP contribution in [0.4, 0.5) is 5.69 Å². The van der Waals surface area contributed by atoms with Crippen LogP contribution in [-0.4, -0.2) is 49.8 Å². The van der Waals surface area contributed by atoms with E-state index in [1.54, 1.807) is 14.2 Å². The Hall–Kier alpha value is -2.01. The molecule has 144 valence electrons. The van der Waals surface area contributed by atoms with Crippen LogP contribution in [0.2, 0.25) is 0 Å². The van der Waals surface area contributed by atoms with Crippen LogP contribution >= 0.6 is 0 Å². The summed E-state index contributed by atoms with van der Waals surface area (Å²) in [6.45, 7) is 12.0. The Labute approximate surface area is 157 Å². The Bertz CT molecular complexity index is 714. The maximum absolute atomic E-state index is 5.71. The zero-order valence-electron chi connectivity index (χ0n) is 17.1. The lowest BCUT2D eigenvalue weighted by molar-refractivity contribution is 0.295. The maximum Gasteiger partial charge on any atom is 0.151 e. The van der Waals surface area contributed by atoms with E-state index >= 15 is 0 Å². The number of rotatable bonds is 10. The van der Waals surface area contributed by atoms with Gasteiger partial charge >= 0.3 is 0 Å². The van der Waals surface area contributed by atoms with Crippen LogP contribution < -0.4 is 14.8 Å². The Balaban J connectivity index is 2.19. The minimum atomic E-state index is 0.347. The summed E-state index contributed by atoms with van der Waals surface area (Å²) in [5.74, 6) is 1.59. The number of fused-ring (bicyclic) bond motifs is 1. The fourth-order valence-electron chi connectivity index (χ4n) is 3.32. The van der Waals surface area contributed by atoms with Gasteiger partial charge in [0.2, 0.25) is 0 Å². The van der Waals surface area contributed by atoms with Crippen molar-refractivity contribution >= 4 is 16.6 Å². The van der Waals surface area contributed by atoms with E-state index < -0.39 is 0 Å². The number of hydrogen-bond acceptors (Lipinski definition) is 5. The van der Waals surface area contributed by atoms with Crippen molar-refractivity contribution in [3.05, 3.63) is 23.9 Å². The summed E-state index contributed by atoms with van der Waals surface area (Å²) < 4.78 is 11.3. The average Bonchev–Trinajstić information content (AvgIpc) is 2.64. The van der Waals surface area contributed by atoms with Crippen LogP contribution in [0.25, 0.3) is 10.9 Å². The van der Waals surface area contributed by atoms with E-state index in [-0.39, 0.29) is 0 Å². The first-order valence-electron chi connectivity index (χ1n) is 9.55. The molecule has 0 aliphatic carbocycles. The Kier molecular flexibility index (Phi) is 7.51. The maximum atomic E-state index is 5.71. The van der Waals surface area contributed by atoms with E-state index in [9.17, 15) is 0 Å². The molecule has 5 nitrogen and oxygen atoms in total. The molecule has 0 bridgehead atoms. The van der Waals surface area contributed by atoms with Gasteiger partial charge in [0.15, 0.2) is 5.75 Å². The van der Waals surface area contributed by atoms with Crippen molar-refractivity contribution in [3.63, 3.8) is 0 Å². The molecule has 2 aromatic rings. The predicted octanol–water partition coefficient (Wildman–Crippen LogP) is 4.48. The summed E-state index contributed by atoms with van der Waals surface area (Å²) in [6.07, 6.45) is 2.27. The van der Waals surface area contributed by atoms with Gasteiger partial charge in [-0.05, 0) is 58.5 Å². The largest absolute Gasteiger partial charge is 0.494 e. The van der Waals surface area contributed by atoms with Crippen molar-refractivity contribution < 1.29 is 9.47 Å². The number of anilines is 1. The number of benzene rings is 1. The smallest absolute Gasteiger partial charge is 0.151 e. The molecule has 5 heteroatoms. The first kappa shape index (κ1) is 20.3. The van der Waals surface area contributed by atoms with Crippen LogP contribution in [0.1, 0.15) is 39.3 Å². The first-order chi connectivity index (χ1) is 12.5. The van der Waals surface area contributed by atoms with Crippen molar-refractivity contribution in [3.8, 4) is 11.5 Å². The van der Waals surface area contributed by atoms with Gasteiger partial charge < -0.3 is 19.7 Å². The third-order valence-electron chi connectivity index (χ3n) is 4.86. The van der Waals surface area contributed by atoms with E-state index in [2.05, 4.69) is 42.0 Å². The van der Waals surface area contributed by atoms with Crippen molar-refractivity contribution in [2.75, 3.05) is 39.2 Å². The average molecular weight is 360 g/mol. The zero-order valence-corrected chi connectivity index (χ0v) is 17.1. The molecule has 0 amide bonds. The molecule has 1 aromatic carbocycles. The topological polar surface area (TPSA) is 46.6 Å². The molecular formula is C21H33N3O2. The van der Waals surface area contributed by atoms with E-state index in [0.29, 0.717) is 6.04 Å². The van der Waals surface area contributed by atoms with Crippen LogP contribution in [-0.2, 0) is 0 Å². The van der Waals surface area contributed by atoms with Gasteiger partial charge in [0, 0.05) is 23.2 Å². The van der Waals surface area contributed by atoms with Crippen molar-refractivity contribution in [2.24, 2.45) is 0 Å². The number of ether oxygens (including phenoxy) is 2. The Morgan fingerprint density at radius 3 is 2.50 bits per heavy atom.